The van der Waals surface area contributed by atoms with Crippen LogP contribution in [0.1, 0.15) is 48.8 Å². The monoisotopic (exact) mass is 283 g/mol. The summed E-state index contributed by atoms with van der Waals surface area (Å²) in [4.78, 5) is 14.3. The standard InChI is InChI=1S/C17H21N3O/c1-3-19(4-2)17(21)15-12-16(13-10-11-13)20(18-15)14-8-6-5-7-9-14/h5-9,12-13H,3-4,10-11H2,1-2H3. The molecule has 1 fully saturated rings. The smallest absolute Gasteiger partial charge is 0.274 e. The minimum Gasteiger partial charge on any atom is -0.338 e. The molecule has 1 saturated carbocycles. The van der Waals surface area contributed by atoms with Crippen molar-refractivity contribution >= 4 is 5.91 Å². The molecular weight excluding hydrogens is 262 g/mol. The number of hydrogen-bond donors (Lipinski definition) is 0. The minimum atomic E-state index is 0.0246. The first-order valence-corrected chi connectivity index (χ1v) is 7.69. The van der Waals surface area contributed by atoms with Crippen molar-refractivity contribution in [3.05, 3.63) is 47.8 Å². The topological polar surface area (TPSA) is 38.1 Å². The van der Waals surface area contributed by atoms with E-state index in [2.05, 4.69) is 5.10 Å². The molecule has 1 aromatic heterocycles. The predicted molar refractivity (Wildman–Crippen MR) is 82.8 cm³/mol. The fourth-order valence-corrected chi connectivity index (χ4v) is 2.62. The highest BCUT2D eigenvalue weighted by Crippen LogP contribution is 2.41. The van der Waals surface area contributed by atoms with Crippen LogP contribution in [0.2, 0.25) is 0 Å². The molecule has 4 nitrogen and oxygen atoms in total. The summed E-state index contributed by atoms with van der Waals surface area (Å²) in [7, 11) is 0. The van der Waals surface area contributed by atoms with Gasteiger partial charge in [0.25, 0.3) is 5.91 Å². The third kappa shape index (κ3) is 2.71. The van der Waals surface area contributed by atoms with Crippen molar-refractivity contribution < 1.29 is 4.79 Å². The van der Waals surface area contributed by atoms with Crippen molar-refractivity contribution in [1.29, 1.82) is 0 Å². The summed E-state index contributed by atoms with van der Waals surface area (Å²) in [6.45, 7) is 5.42. The molecule has 0 radical (unpaired) electrons. The predicted octanol–water partition coefficient (Wildman–Crippen LogP) is 3.23. The zero-order valence-electron chi connectivity index (χ0n) is 12.6. The van der Waals surface area contributed by atoms with Gasteiger partial charge in [0.05, 0.1) is 5.69 Å². The number of nitrogens with zero attached hydrogens (tertiary/aromatic N) is 3. The van der Waals surface area contributed by atoms with Crippen LogP contribution >= 0.6 is 0 Å². The Morgan fingerprint density at radius 2 is 1.90 bits per heavy atom. The Balaban J connectivity index is 1.99. The van der Waals surface area contributed by atoms with E-state index in [1.807, 2.05) is 59.8 Å². The molecule has 0 atom stereocenters. The van der Waals surface area contributed by atoms with Crippen LogP contribution in [0.25, 0.3) is 5.69 Å². The lowest BCUT2D eigenvalue weighted by Crippen LogP contribution is -2.30. The highest BCUT2D eigenvalue weighted by atomic mass is 16.2. The molecule has 4 heteroatoms. The van der Waals surface area contributed by atoms with Crippen molar-refractivity contribution in [1.82, 2.24) is 14.7 Å². The van der Waals surface area contributed by atoms with Crippen LogP contribution in [0.15, 0.2) is 36.4 Å². The molecule has 21 heavy (non-hydrogen) atoms. The Kier molecular flexibility index (Phi) is 3.78. The van der Waals surface area contributed by atoms with E-state index in [1.165, 1.54) is 12.8 Å². The Labute approximate surface area is 125 Å². The first-order chi connectivity index (χ1) is 10.2. The number of rotatable bonds is 5. The lowest BCUT2D eigenvalue weighted by molar-refractivity contribution is 0.0766. The molecule has 0 N–H and O–H groups in total. The molecule has 0 aliphatic heterocycles. The van der Waals surface area contributed by atoms with Gasteiger partial charge in [0.1, 0.15) is 0 Å². The molecular formula is C17H21N3O. The van der Waals surface area contributed by atoms with Gasteiger partial charge in [-0.1, -0.05) is 18.2 Å². The van der Waals surface area contributed by atoms with Gasteiger partial charge in [0, 0.05) is 24.7 Å². The number of hydrogen-bond acceptors (Lipinski definition) is 2. The van der Waals surface area contributed by atoms with Gasteiger partial charge in [0.15, 0.2) is 5.69 Å². The van der Waals surface area contributed by atoms with Crippen LogP contribution in [0.3, 0.4) is 0 Å². The van der Waals surface area contributed by atoms with Gasteiger partial charge < -0.3 is 4.90 Å². The number of carbonyl (C=O) groups excluding carboxylic acids is 1. The second kappa shape index (κ2) is 5.72. The summed E-state index contributed by atoms with van der Waals surface area (Å²) in [5.74, 6) is 0.576. The van der Waals surface area contributed by atoms with Crippen LogP contribution in [-0.4, -0.2) is 33.7 Å². The summed E-state index contributed by atoms with van der Waals surface area (Å²) in [5, 5.41) is 4.58. The van der Waals surface area contributed by atoms with E-state index in [-0.39, 0.29) is 5.91 Å². The van der Waals surface area contributed by atoms with Gasteiger partial charge in [-0.3, -0.25) is 4.79 Å². The van der Waals surface area contributed by atoms with Crippen molar-refractivity contribution in [2.24, 2.45) is 0 Å². The SMILES string of the molecule is CCN(CC)C(=O)c1cc(C2CC2)n(-c2ccccc2)n1. The van der Waals surface area contributed by atoms with E-state index in [0.717, 1.165) is 11.4 Å². The molecule has 2 aromatic rings. The van der Waals surface area contributed by atoms with Crippen LogP contribution in [0, 0.1) is 0 Å². The lowest BCUT2D eigenvalue weighted by Gasteiger charge is -2.16. The highest BCUT2D eigenvalue weighted by molar-refractivity contribution is 5.92. The Morgan fingerprint density at radius 3 is 2.48 bits per heavy atom. The quantitative estimate of drug-likeness (QED) is 0.845. The van der Waals surface area contributed by atoms with E-state index in [0.29, 0.717) is 24.7 Å². The lowest BCUT2D eigenvalue weighted by atomic mass is 10.2. The molecule has 1 aliphatic carbocycles. The van der Waals surface area contributed by atoms with Crippen molar-refractivity contribution in [3.63, 3.8) is 0 Å². The highest BCUT2D eigenvalue weighted by Gasteiger charge is 2.30. The van der Waals surface area contributed by atoms with Crippen LogP contribution in [0.4, 0.5) is 0 Å². The second-order valence-corrected chi connectivity index (χ2v) is 5.45. The zero-order valence-corrected chi connectivity index (χ0v) is 12.6. The second-order valence-electron chi connectivity index (χ2n) is 5.45. The molecule has 0 saturated heterocycles. The summed E-state index contributed by atoms with van der Waals surface area (Å²) in [6, 6.07) is 12.0. The maximum absolute atomic E-state index is 12.5. The van der Waals surface area contributed by atoms with Crippen molar-refractivity contribution in [2.45, 2.75) is 32.6 Å². The molecule has 0 bridgehead atoms. The van der Waals surface area contributed by atoms with Gasteiger partial charge in [-0.25, -0.2) is 4.68 Å². The summed E-state index contributed by atoms with van der Waals surface area (Å²) >= 11 is 0. The maximum Gasteiger partial charge on any atom is 0.274 e. The molecule has 0 unspecified atom stereocenters. The fraction of sp³-hybridized carbons (Fsp3) is 0.412. The zero-order chi connectivity index (χ0) is 14.8. The van der Waals surface area contributed by atoms with Crippen LogP contribution in [0.5, 0.6) is 0 Å². The molecule has 1 aliphatic rings. The number of amides is 1. The summed E-state index contributed by atoms with van der Waals surface area (Å²) in [6.07, 6.45) is 2.38. The van der Waals surface area contributed by atoms with Gasteiger partial charge >= 0.3 is 0 Å². The maximum atomic E-state index is 12.5. The average molecular weight is 283 g/mol. The molecule has 3 rings (SSSR count). The van der Waals surface area contributed by atoms with Crippen molar-refractivity contribution in [3.8, 4) is 5.69 Å². The Bertz CT molecular complexity index is 625. The number of benzene rings is 1. The Hall–Kier alpha value is -2.10. The summed E-state index contributed by atoms with van der Waals surface area (Å²) < 4.78 is 1.94. The average Bonchev–Trinajstić information content (AvgIpc) is 3.28. The third-order valence-electron chi connectivity index (χ3n) is 4.00. The van der Waals surface area contributed by atoms with E-state index in [4.69, 9.17) is 0 Å². The van der Waals surface area contributed by atoms with E-state index < -0.39 is 0 Å². The normalized spacial score (nSPS) is 14.2. The van der Waals surface area contributed by atoms with Gasteiger partial charge in [-0.05, 0) is 44.9 Å². The van der Waals surface area contributed by atoms with Gasteiger partial charge in [-0.15, -0.1) is 0 Å². The number of para-hydroxylation sites is 1. The van der Waals surface area contributed by atoms with Gasteiger partial charge in [0.2, 0.25) is 0 Å². The van der Waals surface area contributed by atoms with Crippen LogP contribution < -0.4 is 0 Å². The summed E-state index contributed by atoms with van der Waals surface area (Å²) in [5.41, 5.74) is 2.75. The third-order valence-corrected chi connectivity index (χ3v) is 4.00. The largest absolute Gasteiger partial charge is 0.338 e. The first kappa shape index (κ1) is 13.9. The van der Waals surface area contributed by atoms with Crippen LogP contribution in [-0.2, 0) is 0 Å². The minimum absolute atomic E-state index is 0.0246. The van der Waals surface area contributed by atoms with E-state index >= 15 is 0 Å². The van der Waals surface area contributed by atoms with Crippen molar-refractivity contribution in [2.75, 3.05) is 13.1 Å². The number of aromatic nitrogens is 2. The Morgan fingerprint density at radius 1 is 1.24 bits per heavy atom. The molecule has 1 heterocycles. The molecule has 110 valence electrons. The molecule has 1 aromatic carbocycles. The molecule has 0 spiro atoms. The van der Waals surface area contributed by atoms with E-state index in [9.17, 15) is 4.79 Å². The number of carbonyl (C=O) groups is 1. The van der Waals surface area contributed by atoms with Gasteiger partial charge in [-0.2, -0.15) is 5.10 Å². The fourth-order valence-electron chi connectivity index (χ4n) is 2.62. The first-order valence-electron chi connectivity index (χ1n) is 7.69. The van der Waals surface area contributed by atoms with E-state index in [1.54, 1.807) is 0 Å². The molecule has 1 amide bonds.